The van der Waals surface area contributed by atoms with Crippen molar-refractivity contribution in [3.63, 3.8) is 0 Å². The Morgan fingerprint density at radius 1 is 1.47 bits per heavy atom. The molecule has 1 heterocycles. The lowest BCUT2D eigenvalue weighted by molar-refractivity contribution is -0.137. The van der Waals surface area contributed by atoms with Crippen LogP contribution in [0.15, 0.2) is 6.07 Å². The number of phenols is 1. The SMILES string of the molecule is NC(CCC(=O)O)c1c(F)c(O)cc2c1OCCO2. The van der Waals surface area contributed by atoms with Crippen molar-refractivity contribution in [2.75, 3.05) is 13.2 Å². The van der Waals surface area contributed by atoms with Gasteiger partial charge in [-0.05, 0) is 6.42 Å². The Hall–Kier alpha value is -2.02. The first-order valence-corrected chi connectivity index (χ1v) is 5.79. The van der Waals surface area contributed by atoms with Crippen molar-refractivity contribution in [3.05, 3.63) is 17.4 Å². The number of hydrogen-bond acceptors (Lipinski definition) is 5. The summed E-state index contributed by atoms with van der Waals surface area (Å²) in [7, 11) is 0. The fraction of sp³-hybridized carbons (Fsp3) is 0.417. The maximum absolute atomic E-state index is 14.0. The molecule has 104 valence electrons. The van der Waals surface area contributed by atoms with Gasteiger partial charge in [0.1, 0.15) is 13.2 Å². The number of nitrogens with two attached hydrogens (primary N) is 1. The van der Waals surface area contributed by atoms with Gasteiger partial charge in [-0.3, -0.25) is 4.79 Å². The van der Waals surface area contributed by atoms with Gasteiger partial charge in [0, 0.05) is 18.5 Å². The first-order valence-electron chi connectivity index (χ1n) is 5.79. The molecule has 0 radical (unpaired) electrons. The van der Waals surface area contributed by atoms with Crippen LogP contribution >= 0.6 is 0 Å². The Bertz CT molecular complexity index is 505. The van der Waals surface area contributed by atoms with E-state index in [0.29, 0.717) is 6.61 Å². The van der Waals surface area contributed by atoms with Crippen LogP contribution in [0, 0.1) is 5.82 Å². The molecular weight excluding hydrogens is 257 g/mol. The highest BCUT2D eigenvalue weighted by molar-refractivity contribution is 5.66. The molecule has 19 heavy (non-hydrogen) atoms. The van der Waals surface area contributed by atoms with Crippen LogP contribution in [0.1, 0.15) is 24.4 Å². The van der Waals surface area contributed by atoms with Crippen LogP contribution < -0.4 is 15.2 Å². The molecule has 7 heteroatoms. The Morgan fingerprint density at radius 2 is 2.16 bits per heavy atom. The number of ether oxygens (including phenoxy) is 2. The summed E-state index contributed by atoms with van der Waals surface area (Å²) in [6.07, 6.45) is -0.169. The monoisotopic (exact) mass is 271 g/mol. The van der Waals surface area contributed by atoms with E-state index >= 15 is 0 Å². The van der Waals surface area contributed by atoms with Crippen LogP contribution in [0.4, 0.5) is 4.39 Å². The van der Waals surface area contributed by atoms with Gasteiger partial charge in [0.15, 0.2) is 23.1 Å². The minimum Gasteiger partial charge on any atom is -0.505 e. The fourth-order valence-electron chi connectivity index (χ4n) is 1.93. The van der Waals surface area contributed by atoms with Crippen LogP contribution in [0.25, 0.3) is 0 Å². The normalized spacial score (nSPS) is 15.1. The average molecular weight is 271 g/mol. The third-order valence-corrected chi connectivity index (χ3v) is 2.82. The second kappa shape index (κ2) is 5.31. The maximum Gasteiger partial charge on any atom is 0.303 e. The topological polar surface area (TPSA) is 102 Å². The third kappa shape index (κ3) is 2.70. The second-order valence-corrected chi connectivity index (χ2v) is 4.19. The molecular formula is C12H14FNO5. The molecule has 1 aliphatic heterocycles. The molecule has 0 saturated carbocycles. The number of rotatable bonds is 4. The van der Waals surface area contributed by atoms with Gasteiger partial charge >= 0.3 is 5.97 Å². The van der Waals surface area contributed by atoms with Crippen molar-refractivity contribution in [2.24, 2.45) is 5.73 Å². The molecule has 0 amide bonds. The average Bonchev–Trinajstić information content (AvgIpc) is 2.37. The quantitative estimate of drug-likeness (QED) is 0.759. The molecule has 0 fully saturated rings. The lowest BCUT2D eigenvalue weighted by Crippen LogP contribution is -2.21. The summed E-state index contributed by atoms with van der Waals surface area (Å²) in [5.41, 5.74) is 5.74. The van der Waals surface area contributed by atoms with Crippen molar-refractivity contribution < 1.29 is 28.9 Å². The van der Waals surface area contributed by atoms with Gasteiger partial charge in [-0.25, -0.2) is 4.39 Å². The van der Waals surface area contributed by atoms with Crippen molar-refractivity contribution in [3.8, 4) is 17.2 Å². The van der Waals surface area contributed by atoms with Crippen LogP contribution in [-0.4, -0.2) is 29.4 Å². The summed E-state index contributed by atoms with van der Waals surface area (Å²) >= 11 is 0. The standard InChI is InChI=1S/C12H14FNO5/c13-11-7(15)5-8-12(19-4-3-18-8)10(11)6(14)1-2-9(16)17/h5-6,15H,1-4,14H2,(H,16,17). The molecule has 1 aliphatic rings. The van der Waals surface area contributed by atoms with Crippen molar-refractivity contribution in [2.45, 2.75) is 18.9 Å². The van der Waals surface area contributed by atoms with E-state index in [2.05, 4.69) is 0 Å². The first kappa shape index (κ1) is 13.4. The van der Waals surface area contributed by atoms with Crippen LogP contribution in [0.5, 0.6) is 17.2 Å². The smallest absolute Gasteiger partial charge is 0.303 e. The summed E-state index contributed by atoms with van der Waals surface area (Å²) in [5, 5.41) is 18.1. The number of benzene rings is 1. The number of halogens is 1. The Morgan fingerprint density at radius 3 is 2.84 bits per heavy atom. The maximum atomic E-state index is 14.0. The molecule has 1 aromatic carbocycles. The molecule has 1 aromatic rings. The molecule has 1 unspecified atom stereocenters. The van der Waals surface area contributed by atoms with E-state index in [-0.39, 0.29) is 36.5 Å². The van der Waals surface area contributed by atoms with E-state index in [9.17, 15) is 14.3 Å². The molecule has 0 aromatic heterocycles. The number of fused-ring (bicyclic) bond motifs is 1. The van der Waals surface area contributed by atoms with E-state index < -0.39 is 23.6 Å². The van der Waals surface area contributed by atoms with Crippen LogP contribution in [0.3, 0.4) is 0 Å². The van der Waals surface area contributed by atoms with E-state index in [1.54, 1.807) is 0 Å². The van der Waals surface area contributed by atoms with Crippen molar-refractivity contribution in [1.29, 1.82) is 0 Å². The molecule has 0 saturated heterocycles. The Balaban J connectivity index is 2.37. The third-order valence-electron chi connectivity index (χ3n) is 2.82. The summed E-state index contributed by atoms with van der Waals surface area (Å²) in [6.45, 7) is 0.539. The second-order valence-electron chi connectivity index (χ2n) is 4.19. The minimum atomic E-state index is -1.03. The number of aliphatic carboxylic acids is 1. The fourth-order valence-corrected chi connectivity index (χ4v) is 1.93. The van der Waals surface area contributed by atoms with Crippen molar-refractivity contribution in [1.82, 2.24) is 0 Å². The highest BCUT2D eigenvalue weighted by atomic mass is 19.1. The zero-order valence-corrected chi connectivity index (χ0v) is 10.1. The number of phenolic OH excluding ortho intramolecular Hbond substituents is 1. The van der Waals surface area contributed by atoms with E-state index in [4.69, 9.17) is 20.3 Å². The number of carboxylic acid groups (broad SMARTS) is 1. The largest absolute Gasteiger partial charge is 0.505 e. The van der Waals surface area contributed by atoms with Crippen LogP contribution in [-0.2, 0) is 4.79 Å². The molecule has 2 rings (SSSR count). The lowest BCUT2D eigenvalue weighted by atomic mass is 10.00. The lowest BCUT2D eigenvalue weighted by Gasteiger charge is -2.24. The van der Waals surface area contributed by atoms with Gasteiger partial charge in [0.25, 0.3) is 0 Å². The first-order chi connectivity index (χ1) is 9.00. The van der Waals surface area contributed by atoms with E-state index in [1.165, 1.54) is 0 Å². The van der Waals surface area contributed by atoms with Crippen LogP contribution in [0.2, 0.25) is 0 Å². The minimum absolute atomic E-state index is 0.0332. The predicted octanol–water partition coefficient (Wildman–Crippen LogP) is 1.17. The number of aromatic hydroxyl groups is 1. The molecule has 4 N–H and O–H groups in total. The predicted molar refractivity (Wildman–Crippen MR) is 62.9 cm³/mol. The summed E-state index contributed by atoms with van der Waals surface area (Å²) in [6, 6.07) is 0.232. The summed E-state index contributed by atoms with van der Waals surface area (Å²) < 4.78 is 24.5. The van der Waals surface area contributed by atoms with Gasteiger partial charge in [-0.2, -0.15) is 0 Å². The van der Waals surface area contributed by atoms with E-state index in [0.717, 1.165) is 6.07 Å². The number of hydrogen-bond donors (Lipinski definition) is 3. The molecule has 0 bridgehead atoms. The molecule has 1 atom stereocenters. The molecule has 0 aliphatic carbocycles. The summed E-state index contributed by atoms with van der Waals surface area (Å²) in [4.78, 5) is 10.5. The number of carbonyl (C=O) groups is 1. The van der Waals surface area contributed by atoms with Crippen molar-refractivity contribution >= 4 is 5.97 Å². The Labute approximate surface area is 108 Å². The highest BCUT2D eigenvalue weighted by Crippen LogP contribution is 2.43. The van der Waals surface area contributed by atoms with Gasteiger partial charge in [0.05, 0.1) is 5.56 Å². The zero-order valence-electron chi connectivity index (χ0n) is 10.1. The zero-order chi connectivity index (χ0) is 14.0. The van der Waals surface area contributed by atoms with Gasteiger partial charge < -0.3 is 25.4 Å². The number of carboxylic acids is 1. The van der Waals surface area contributed by atoms with E-state index in [1.807, 2.05) is 0 Å². The summed E-state index contributed by atoms with van der Waals surface area (Å²) in [5.74, 6) is -2.17. The Kier molecular flexibility index (Phi) is 3.75. The van der Waals surface area contributed by atoms with Gasteiger partial charge in [-0.1, -0.05) is 0 Å². The molecule has 6 nitrogen and oxygen atoms in total. The van der Waals surface area contributed by atoms with Gasteiger partial charge in [-0.15, -0.1) is 0 Å². The molecule has 0 spiro atoms. The highest BCUT2D eigenvalue weighted by Gasteiger charge is 2.27. The van der Waals surface area contributed by atoms with Gasteiger partial charge in [0.2, 0.25) is 0 Å².